The fourth-order valence-electron chi connectivity index (χ4n) is 2.18. The lowest BCUT2D eigenvalue weighted by molar-refractivity contribution is -0.142. The van der Waals surface area contributed by atoms with E-state index in [2.05, 4.69) is 4.98 Å². The minimum atomic E-state index is -1.04. The molecule has 1 atom stereocenters. The lowest BCUT2D eigenvalue weighted by atomic mass is 10.1. The summed E-state index contributed by atoms with van der Waals surface area (Å²) in [6, 6.07) is 10.0. The normalized spacial score (nSPS) is 12.5. The van der Waals surface area contributed by atoms with Gasteiger partial charge in [-0.25, -0.2) is 4.98 Å². The molecule has 112 valence electrons. The van der Waals surface area contributed by atoms with Gasteiger partial charge < -0.3 is 9.15 Å². The minimum Gasteiger partial charge on any atom is -0.465 e. The average Bonchev–Trinajstić information content (AvgIpc) is 2.54. The molecule has 2 aromatic heterocycles. The average molecular weight is 318 g/mol. The number of hydrogen-bond donors (Lipinski definition) is 0. The van der Waals surface area contributed by atoms with Gasteiger partial charge in [0.2, 0.25) is 11.1 Å². The van der Waals surface area contributed by atoms with Gasteiger partial charge in [0.05, 0.1) is 23.1 Å². The van der Waals surface area contributed by atoms with Crippen LogP contribution in [0.3, 0.4) is 0 Å². The monoisotopic (exact) mass is 317 g/mol. The van der Waals surface area contributed by atoms with Crippen molar-refractivity contribution in [1.82, 2.24) is 4.98 Å². The molecule has 0 saturated heterocycles. The number of aromatic nitrogens is 1. The molecule has 0 N–H and O–H groups in total. The zero-order chi connectivity index (χ0) is 15.7. The molecule has 0 saturated carbocycles. The SMILES string of the molecule is CCOC(=O)C(Cl)c1ccc2c(=O)c3ccccc3oc2n1. The first-order valence-corrected chi connectivity index (χ1v) is 7.18. The Morgan fingerprint density at radius 2 is 2.05 bits per heavy atom. The van der Waals surface area contributed by atoms with Crippen LogP contribution in [0.25, 0.3) is 22.1 Å². The van der Waals surface area contributed by atoms with Gasteiger partial charge in [-0.1, -0.05) is 12.1 Å². The number of alkyl halides is 1. The summed E-state index contributed by atoms with van der Waals surface area (Å²) in [5.74, 6) is -0.584. The van der Waals surface area contributed by atoms with E-state index in [0.29, 0.717) is 16.4 Å². The maximum atomic E-state index is 12.4. The first-order valence-electron chi connectivity index (χ1n) is 6.75. The number of pyridine rings is 1. The van der Waals surface area contributed by atoms with Gasteiger partial charge in [0.15, 0.2) is 5.38 Å². The molecule has 0 radical (unpaired) electrons. The third-order valence-corrected chi connectivity index (χ3v) is 3.62. The van der Waals surface area contributed by atoms with Crippen LogP contribution in [0.2, 0.25) is 0 Å². The highest BCUT2D eigenvalue weighted by atomic mass is 35.5. The summed E-state index contributed by atoms with van der Waals surface area (Å²) in [6.45, 7) is 1.93. The summed E-state index contributed by atoms with van der Waals surface area (Å²) >= 11 is 6.04. The smallest absolute Gasteiger partial charge is 0.330 e. The van der Waals surface area contributed by atoms with Crippen LogP contribution in [-0.2, 0) is 9.53 Å². The number of carbonyl (C=O) groups is 1. The Bertz CT molecular complexity index is 919. The van der Waals surface area contributed by atoms with Crippen LogP contribution in [0.5, 0.6) is 0 Å². The second-order valence-electron chi connectivity index (χ2n) is 4.63. The standard InChI is InChI=1S/C16H12ClNO4/c1-2-21-16(20)13(17)11-8-7-10-14(19)9-5-3-4-6-12(9)22-15(10)18-11/h3-8,13H,2H2,1H3. The van der Waals surface area contributed by atoms with Gasteiger partial charge in [0, 0.05) is 0 Å². The van der Waals surface area contributed by atoms with Gasteiger partial charge in [0.1, 0.15) is 5.58 Å². The molecule has 0 fully saturated rings. The number of nitrogens with zero attached hydrogens (tertiary/aromatic N) is 1. The van der Waals surface area contributed by atoms with E-state index in [-0.39, 0.29) is 23.4 Å². The lowest BCUT2D eigenvalue weighted by Crippen LogP contribution is -2.13. The Morgan fingerprint density at radius 1 is 1.27 bits per heavy atom. The largest absolute Gasteiger partial charge is 0.465 e. The zero-order valence-electron chi connectivity index (χ0n) is 11.7. The second kappa shape index (κ2) is 5.77. The molecule has 0 aliphatic carbocycles. The van der Waals surface area contributed by atoms with Crippen molar-refractivity contribution in [3.8, 4) is 0 Å². The number of para-hydroxylation sites is 1. The Hall–Kier alpha value is -2.40. The van der Waals surface area contributed by atoms with Gasteiger partial charge in [-0.05, 0) is 31.2 Å². The van der Waals surface area contributed by atoms with Crippen molar-refractivity contribution in [3.05, 3.63) is 52.3 Å². The highest BCUT2D eigenvalue weighted by molar-refractivity contribution is 6.29. The molecule has 0 aliphatic heterocycles. The number of ether oxygens (including phenoxy) is 1. The molecule has 22 heavy (non-hydrogen) atoms. The van der Waals surface area contributed by atoms with Gasteiger partial charge in [-0.3, -0.25) is 9.59 Å². The maximum Gasteiger partial charge on any atom is 0.330 e. The molecule has 0 spiro atoms. The summed E-state index contributed by atoms with van der Waals surface area (Å²) in [5.41, 5.74) is 0.701. The quantitative estimate of drug-likeness (QED) is 0.421. The molecule has 3 rings (SSSR count). The van der Waals surface area contributed by atoms with E-state index in [0.717, 1.165) is 0 Å². The Morgan fingerprint density at radius 3 is 2.82 bits per heavy atom. The number of rotatable bonds is 3. The third-order valence-electron chi connectivity index (χ3n) is 3.22. The number of benzene rings is 1. The van der Waals surface area contributed by atoms with E-state index >= 15 is 0 Å². The van der Waals surface area contributed by atoms with Crippen LogP contribution in [0.1, 0.15) is 18.0 Å². The predicted molar refractivity (Wildman–Crippen MR) is 83.0 cm³/mol. The maximum absolute atomic E-state index is 12.4. The van der Waals surface area contributed by atoms with Crippen molar-refractivity contribution in [2.24, 2.45) is 0 Å². The fraction of sp³-hybridized carbons (Fsp3) is 0.188. The summed E-state index contributed by atoms with van der Waals surface area (Å²) in [5, 5.41) is -0.214. The number of fused-ring (bicyclic) bond motifs is 2. The van der Waals surface area contributed by atoms with E-state index < -0.39 is 11.3 Å². The number of esters is 1. The van der Waals surface area contributed by atoms with Gasteiger partial charge in [-0.2, -0.15) is 0 Å². The number of halogens is 1. The molecule has 1 unspecified atom stereocenters. The van der Waals surface area contributed by atoms with Gasteiger partial charge in [0.25, 0.3) is 0 Å². The molecular formula is C16H12ClNO4. The predicted octanol–water partition coefficient (Wildman–Crippen LogP) is 3.18. The molecule has 5 nitrogen and oxygen atoms in total. The highest BCUT2D eigenvalue weighted by Gasteiger charge is 2.21. The topological polar surface area (TPSA) is 69.4 Å². The Kier molecular flexibility index (Phi) is 3.81. The Balaban J connectivity index is 2.16. The van der Waals surface area contributed by atoms with Crippen molar-refractivity contribution in [2.45, 2.75) is 12.3 Å². The van der Waals surface area contributed by atoms with E-state index in [1.54, 1.807) is 37.3 Å². The van der Waals surface area contributed by atoms with Gasteiger partial charge in [-0.15, -0.1) is 11.6 Å². The molecule has 6 heteroatoms. The second-order valence-corrected chi connectivity index (χ2v) is 5.07. The number of hydrogen-bond acceptors (Lipinski definition) is 5. The van der Waals surface area contributed by atoms with E-state index in [4.69, 9.17) is 20.8 Å². The summed E-state index contributed by atoms with van der Waals surface area (Å²) in [4.78, 5) is 28.2. The van der Waals surface area contributed by atoms with Gasteiger partial charge >= 0.3 is 5.97 Å². The fourth-order valence-corrected chi connectivity index (χ4v) is 2.36. The number of carbonyl (C=O) groups excluding carboxylic acids is 1. The van der Waals surface area contributed by atoms with E-state index in [1.807, 2.05) is 0 Å². The van der Waals surface area contributed by atoms with Crippen molar-refractivity contribution in [1.29, 1.82) is 0 Å². The molecule has 0 aliphatic rings. The van der Waals surface area contributed by atoms with Crippen LogP contribution >= 0.6 is 11.6 Å². The van der Waals surface area contributed by atoms with Crippen molar-refractivity contribution >= 4 is 39.6 Å². The van der Waals surface area contributed by atoms with Crippen LogP contribution in [0.15, 0.2) is 45.6 Å². The first kappa shape index (κ1) is 14.5. The van der Waals surface area contributed by atoms with Crippen LogP contribution in [-0.4, -0.2) is 17.6 Å². The third kappa shape index (κ3) is 2.44. The lowest BCUT2D eigenvalue weighted by Gasteiger charge is -2.08. The van der Waals surface area contributed by atoms with Crippen molar-refractivity contribution in [3.63, 3.8) is 0 Å². The highest BCUT2D eigenvalue weighted by Crippen LogP contribution is 2.23. The molecular weight excluding hydrogens is 306 g/mol. The summed E-state index contributed by atoms with van der Waals surface area (Å²) < 4.78 is 10.5. The first-order chi connectivity index (χ1) is 10.6. The van der Waals surface area contributed by atoms with Crippen LogP contribution in [0.4, 0.5) is 0 Å². The molecule has 3 aromatic rings. The van der Waals surface area contributed by atoms with E-state index in [1.165, 1.54) is 6.07 Å². The molecule has 2 heterocycles. The van der Waals surface area contributed by atoms with Crippen LogP contribution in [0, 0.1) is 0 Å². The van der Waals surface area contributed by atoms with Crippen LogP contribution < -0.4 is 5.43 Å². The van der Waals surface area contributed by atoms with E-state index in [9.17, 15) is 9.59 Å². The van der Waals surface area contributed by atoms with Crippen molar-refractivity contribution in [2.75, 3.05) is 6.61 Å². The van der Waals surface area contributed by atoms with Crippen molar-refractivity contribution < 1.29 is 13.9 Å². The zero-order valence-corrected chi connectivity index (χ0v) is 12.5. The summed E-state index contributed by atoms with van der Waals surface area (Å²) in [7, 11) is 0. The summed E-state index contributed by atoms with van der Waals surface area (Å²) in [6.07, 6.45) is 0. The Labute approximate surface area is 130 Å². The molecule has 1 aromatic carbocycles. The molecule has 0 amide bonds. The molecule has 0 bridgehead atoms. The minimum absolute atomic E-state index is 0.149.